The molecule has 0 radical (unpaired) electrons. The molecule has 19 heavy (non-hydrogen) atoms. The lowest BCUT2D eigenvalue weighted by atomic mass is 10.1. The van der Waals surface area contributed by atoms with E-state index in [9.17, 15) is 4.79 Å². The lowest BCUT2D eigenvalue weighted by Gasteiger charge is -2.06. The highest BCUT2D eigenvalue weighted by molar-refractivity contribution is 5.90. The second kappa shape index (κ2) is 5.92. The predicted molar refractivity (Wildman–Crippen MR) is 72.2 cm³/mol. The number of nitrogens with two attached hydrogens (primary N) is 2. The van der Waals surface area contributed by atoms with E-state index < -0.39 is 5.91 Å². The summed E-state index contributed by atoms with van der Waals surface area (Å²) in [6.45, 7) is 1.16. The normalized spacial score (nSPS) is 10.2. The van der Waals surface area contributed by atoms with Gasteiger partial charge in [0.1, 0.15) is 5.82 Å². The van der Waals surface area contributed by atoms with Crippen LogP contribution in [0, 0.1) is 0 Å². The van der Waals surface area contributed by atoms with E-state index in [1.165, 1.54) is 6.07 Å². The fraction of sp³-hybridized carbons (Fsp3) is 0.154. The summed E-state index contributed by atoms with van der Waals surface area (Å²) >= 11 is 0. The summed E-state index contributed by atoms with van der Waals surface area (Å²) in [5.74, 6) is 0.00400. The molecule has 0 aliphatic rings. The van der Waals surface area contributed by atoms with Crippen LogP contribution >= 0.6 is 0 Å². The van der Waals surface area contributed by atoms with Crippen LogP contribution in [0.15, 0.2) is 36.4 Å². The molecule has 1 aromatic carbocycles. The Kier molecular flexibility index (Phi) is 4.04. The molecule has 1 heterocycles. The van der Waals surface area contributed by atoms with Crippen LogP contribution in [0.1, 0.15) is 21.6 Å². The fourth-order valence-corrected chi connectivity index (χ4v) is 1.54. The summed E-state index contributed by atoms with van der Waals surface area (Å²) in [5.41, 5.74) is 13.0. The number of aromatic nitrogens is 2. The summed E-state index contributed by atoms with van der Waals surface area (Å²) < 4.78 is 0. The number of nitrogens with one attached hydrogen (secondary N) is 1. The van der Waals surface area contributed by atoms with Gasteiger partial charge in [-0.25, -0.2) is 0 Å². The van der Waals surface area contributed by atoms with Crippen molar-refractivity contribution in [1.29, 1.82) is 0 Å². The van der Waals surface area contributed by atoms with Crippen molar-refractivity contribution in [3.63, 3.8) is 0 Å². The largest absolute Gasteiger partial charge is 0.365 e. The number of primary amides is 1. The molecule has 1 amide bonds. The standard InChI is InChI=1S/C13H15N5O/c14-7-9-1-3-10(4-2-9)8-16-12-6-5-11(13(15)19)17-18-12/h1-6H,7-8,14H2,(H2,15,19)(H,16,18). The number of hydrogen-bond acceptors (Lipinski definition) is 5. The van der Waals surface area contributed by atoms with Crippen molar-refractivity contribution in [2.45, 2.75) is 13.1 Å². The third-order valence-corrected chi connectivity index (χ3v) is 2.65. The molecule has 0 saturated carbocycles. The molecule has 98 valence electrons. The molecule has 0 aliphatic heterocycles. The summed E-state index contributed by atoms with van der Waals surface area (Å²) in [7, 11) is 0. The van der Waals surface area contributed by atoms with E-state index in [2.05, 4.69) is 15.5 Å². The van der Waals surface area contributed by atoms with Crippen molar-refractivity contribution >= 4 is 11.7 Å². The summed E-state index contributed by atoms with van der Waals surface area (Å²) in [5, 5.41) is 10.7. The maximum atomic E-state index is 10.8. The number of amides is 1. The molecular weight excluding hydrogens is 242 g/mol. The van der Waals surface area contributed by atoms with Crippen LogP contribution in [0.5, 0.6) is 0 Å². The number of hydrogen-bond donors (Lipinski definition) is 3. The van der Waals surface area contributed by atoms with Crippen molar-refractivity contribution in [3.05, 3.63) is 53.2 Å². The first-order chi connectivity index (χ1) is 9.19. The lowest BCUT2D eigenvalue weighted by Crippen LogP contribution is -2.14. The van der Waals surface area contributed by atoms with Crippen molar-refractivity contribution in [2.75, 3.05) is 5.32 Å². The molecule has 2 aromatic rings. The molecule has 0 spiro atoms. The monoisotopic (exact) mass is 257 g/mol. The molecule has 6 nitrogen and oxygen atoms in total. The third-order valence-electron chi connectivity index (χ3n) is 2.65. The molecule has 0 atom stereocenters. The average Bonchev–Trinajstić information content (AvgIpc) is 2.46. The number of nitrogens with zero attached hydrogens (tertiary/aromatic N) is 2. The van der Waals surface area contributed by atoms with E-state index in [4.69, 9.17) is 11.5 Å². The molecule has 2 rings (SSSR count). The fourth-order valence-electron chi connectivity index (χ4n) is 1.54. The van der Waals surface area contributed by atoms with E-state index in [1.807, 2.05) is 24.3 Å². The van der Waals surface area contributed by atoms with Gasteiger partial charge in [0.25, 0.3) is 5.91 Å². The van der Waals surface area contributed by atoms with Gasteiger partial charge in [0.05, 0.1) is 0 Å². The Morgan fingerprint density at radius 3 is 2.26 bits per heavy atom. The molecule has 0 bridgehead atoms. The summed E-state index contributed by atoms with van der Waals surface area (Å²) in [4.78, 5) is 10.8. The summed E-state index contributed by atoms with van der Waals surface area (Å²) in [6.07, 6.45) is 0. The van der Waals surface area contributed by atoms with Gasteiger partial charge in [-0.05, 0) is 23.3 Å². The van der Waals surface area contributed by atoms with Gasteiger partial charge in [-0.2, -0.15) is 0 Å². The van der Waals surface area contributed by atoms with Gasteiger partial charge in [0.15, 0.2) is 5.69 Å². The van der Waals surface area contributed by atoms with Crippen molar-refractivity contribution in [3.8, 4) is 0 Å². The van der Waals surface area contributed by atoms with Crippen LogP contribution in [0.25, 0.3) is 0 Å². The Hall–Kier alpha value is -2.47. The molecular formula is C13H15N5O. The Balaban J connectivity index is 1.95. The van der Waals surface area contributed by atoms with Crippen molar-refractivity contribution in [1.82, 2.24) is 10.2 Å². The molecule has 0 unspecified atom stereocenters. The molecule has 0 fully saturated rings. The van der Waals surface area contributed by atoms with Gasteiger partial charge < -0.3 is 16.8 Å². The Morgan fingerprint density at radius 2 is 1.74 bits per heavy atom. The van der Waals surface area contributed by atoms with Crippen molar-refractivity contribution < 1.29 is 4.79 Å². The SMILES string of the molecule is NCc1ccc(CNc2ccc(C(N)=O)nn2)cc1. The molecule has 0 saturated heterocycles. The average molecular weight is 257 g/mol. The quantitative estimate of drug-likeness (QED) is 0.729. The highest BCUT2D eigenvalue weighted by Gasteiger charge is 2.02. The van der Waals surface area contributed by atoms with Gasteiger partial charge >= 0.3 is 0 Å². The second-order valence-corrected chi connectivity index (χ2v) is 4.04. The van der Waals surface area contributed by atoms with Crippen LogP contribution in [0.2, 0.25) is 0 Å². The third kappa shape index (κ3) is 3.49. The number of rotatable bonds is 5. The minimum atomic E-state index is -0.587. The zero-order valence-corrected chi connectivity index (χ0v) is 10.3. The van der Waals surface area contributed by atoms with Gasteiger partial charge in [0.2, 0.25) is 0 Å². The number of carbonyl (C=O) groups is 1. The maximum absolute atomic E-state index is 10.8. The second-order valence-electron chi connectivity index (χ2n) is 4.04. The first-order valence-electron chi connectivity index (χ1n) is 5.84. The topological polar surface area (TPSA) is 107 Å². The first kappa shape index (κ1) is 13.0. The molecule has 0 aliphatic carbocycles. The highest BCUT2D eigenvalue weighted by Crippen LogP contribution is 2.07. The molecule has 6 heteroatoms. The molecule has 1 aromatic heterocycles. The van der Waals surface area contributed by atoms with Gasteiger partial charge in [-0.1, -0.05) is 24.3 Å². The van der Waals surface area contributed by atoms with Gasteiger partial charge in [-0.15, -0.1) is 10.2 Å². The summed E-state index contributed by atoms with van der Waals surface area (Å²) in [6, 6.07) is 11.2. The van der Waals surface area contributed by atoms with Crippen LogP contribution in [-0.2, 0) is 13.1 Å². The van der Waals surface area contributed by atoms with Gasteiger partial charge in [0, 0.05) is 13.1 Å². The van der Waals surface area contributed by atoms with Crippen LogP contribution in [-0.4, -0.2) is 16.1 Å². The zero-order valence-electron chi connectivity index (χ0n) is 10.3. The Bertz CT molecular complexity index is 550. The van der Waals surface area contributed by atoms with Crippen LogP contribution < -0.4 is 16.8 Å². The minimum Gasteiger partial charge on any atom is -0.365 e. The number of benzene rings is 1. The zero-order chi connectivity index (χ0) is 13.7. The van der Waals surface area contributed by atoms with Crippen molar-refractivity contribution in [2.24, 2.45) is 11.5 Å². The lowest BCUT2D eigenvalue weighted by molar-refractivity contribution is 0.0994. The predicted octanol–water partition coefficient (Wildman–Crippen LogP) is 0.646. The maximum Gasteiger partial charge on any atom is 0.269 e. The number of carbonyl (C=O) groups excluding carboxylic acids is 1. The highest BCUT2D eigenvalue weighted by atomic mass is 16.1. The van der Waals surface area contributed by atoms with E-state index in [0.717, 1.165) is 11.1 Å². The van der Waals surface area contributed by atoms with E-state index >= 15 is 0 Å². The van der Waals surface area contributed by atoms with Gasteiger partial charge in [-0.3, -0.25) is 4.79 Å². The number of anilines is 1. The van der Waals surface area contributed by atoms with Crippen LogP contribution in [0.3, 0.4) is 0 Å². The first-order valence-corrected chi connectivity index (χ1v) is 5.84. The Morgan fingerprint density at radius 1 is 1.05 bits per heavy atom. The van der Waals surface area contributed by atoms with E-state index in [0.29, 0.717) is 18.9 Å². The van der Waals surface area contributed by atoms with Crippen LogP contribution in [0.4, 0.5) is 5.82 Å². The Labute approximate surface area is 110 Å². The molecule has 5 N–H and O–H groups in total. The van der Waals surface area contributed by atoms with E-state index in [1.54, 1.807) is 6.07 Å². The smallest absolute Gasteiger partial charge is 0.269 e. The minimum absolute atomic E-state index is 0.151. The van der Waals surface area contributed by atoms with E-state index in [-0.39, 0.29) is 5.69 Å².